The van der Waals surface area contributed by atoms with Gasteiger partial charge in [-0.3, -0.25) is 4.79 Å². The fraction of sp³-hybridized carbons (Fsp3) is 0.200. The van der Waals surface area contributed by atoms with E-state index in [1.807, 2.05) is 6.07 Å². The Kier molecular flexibility index (Phi) is 5.30. The third kappa shape index (κ3) is 3.72. The summed E-state index contributed by atoms with van der Waals surface area (Å²) in [7, 11) is 6.26. The quantitative estimate of drug-likeness (QED) is 0.793. The summed E-state index contributed by atoms with van der Waals surface area (Å²) < 4.78 is 21.1. The molecule has 0 atom stereocenters. The van der Waals surface area contributed by atoms with E-state index in [1.165, 1.54) is 0 Å². The van der Waals surface area contributed by atoms with Gasteiger partial charge in [-0.15, -0.1) is 0 Å². The number of ether oxygens (including phenoxy) is 4. The monoisotopic (exact) mass is 368 g/mol. The molecule has 2 aromatic rings. The Bertz CT molecular complexity index is 934. The van der Waals surface area contributed by atoms with E-state index in [2.05, 4.69) is 10.3 Å². The predicted octanol–water partition coefficient (Wildman–Crippen LogP) is 2.64. The topological polar surface area (TPSA) is 78.4 Å². The number of methoxy groups -OCH3 is 4. The highest BCUT2D eigenvalue weighted by molar-refractivity contribution is 6.20. The molecule has 0 saturated carbocycles. The van der Waals surface area contributed by atoms with Gasteiger partial charge in [0.15, 0.2) is 11.5 Å². The molecule has 27 heavy (non-hydrogen) atoms. The second kappa shape index (κ2) is 7.82. The molecule has 0 saturated heterocycles. The van der Waals surface area contributed by atoms with Gasteiger partial charge >= 0.3 is 0 Å². The number of amides is 1. The van der Waals surface area contributed by atoms with Crippen molar-refractivity contribution in [1.29, 1.82) is 0 Å². The van der Waals surface area contributed by atoms with Crippen LogP contribution in [0.15, 0.2) is 47.1 Å². The fourth-order valence-corrected chi connectivity index (χ4v) is 2.67. The van der Waals surface area contributed by atoms with Gasteiger partial charge in [-0.25, -0.2) is 4.99 Å². The van der Waals surface area contributed by atoms with Gasteiger partial charge < -0.3 is 24.3 Å². The molecule has 1 N–H and O–H groups in total. The van der Waals surface area contributed by atoms with E-state index >= 15 is 0 Å². The largest absolute Gasteiger partial charge is 0.497 e. The maximum Gasteiger partial charge on any atom is 0.275 e. The molecule has 1 aliphatic rings. The lowest BCUT2D eigenvalue weighted by Gasteiger charge is -2.09. The maximum absolute atomic E-state index is 12.3. The molecule has 0 radical (unpaired) electrons. The van der Waals surface area contributed by atoms with Crippen molar-refractivity contribution < 1.29 is 23.7 Å². The Morgan fingerprint density at radius 3 is 2.26 bits per heavy atom. The van der Waals surface area contributed by atoms with Gasteiger partial charge in [-0.2, -0.15) is 0 Å². The summed E-state index contributed by atoms with van der Waals surface area (Å²) in [5.41, 5.74) is 1.72. The van der Waals surface area contributed by atoms with E-state index in [0.29, 0.717) is 34.4 Å². The summed E-state index contributed by atoms with van der Waals surface area (Å²) in [4.78, 5) is 16.8. The number of aliphatic imine (C=N–C) groups is 1. The van der Waals surface area contributed by atoms with Crippen molar-refractivity contribution in [3.05, 3.63) is 53.2 Å². The Balaban J connectivity index is 1.96. The van der Waals surface area contributed by atoms with Crippen LogP contribution in [0.1, 0.15) is 11.1 Å². The van der Waals surface area contributed by atoms with Crippen LogP contribution in [0.3, 0.4) is 0 Å². The first-order valence-electron chi connectivity index (χ1n) is 8.15. The first-order chi connectivity index (χ1) is 13.1. The number of benzene rings is 2. The molecule has 0 unspecified atom stereocenters. The van der Waals surface area contributed by atoms with Crippen molar-refractivity contribution in [3.63, 3.8) is 0 Å². The number of nitrogens with one attached hydrogen (secondary N) is 1. The summed E-state index contributed by atoms with van der Waals surface area (Å²) >= 11 is 0. The third-order valence-corrected chi connectivity index (χ3v) is 4.09. The lowest BCUT2D eigenvalue weighted by atomic mass is 10.1. The zero-order chi connectivity index (χ0) is 19.4. The lowest BCUT2D eigenvalue weighted by molar-refractivity contribution is -0.115. The van der Waals surface area contributed by atoms with Crippen molar-refractivity contribution >= 4 is 17.8 Å². The second-order valence-corrected chi connectivity index (χ2v) is 5.62. The van der Waals surface area contributed by atoms with E-state index in [4.69, 9.17) is 18.9 Å². The molecule has 1 aliphatic heterocycles. The molecule has 140 valence electrons. The molecule has 7 heteroatoms. The lowest BCUT2D eigenvalue weighted by Crippen LogP contribution is -2.24. The minimum Gasteiger partial charge on any atom is -0.497 e. The van der Waals surface area contributed by atoms with Crippen LogP contribution in [0.5, 0.6) is 23.0 Å². The van der Waals surface area contributed by atoms with Gasteiger partial charge in [0.2, 0.25) is 0 Å². The van der Waals surface area contributed by atoms with Crippen molar-refractivity contribution in [2.24, 2.45) is 4.99 Å². The molecular weight excluding hydrogens is 348 g/mol. The average Bonchev–Trinajstić information content (AvgIpc) is 3.08. The van der Waals surface area contributed by atoms with E-state index < -0.39 is 0 Å². The molecule has 1 heterocycles. The SMILES string of the molecule is COc1ccc(/C=C2/N=C(c3ccc(OC)c(OC)c3)NC2=O)c(OC)c1. The van der Waals surface area contributed by atoms with E-state index in [1.54, 1.807) is 64.8 Å². The van der Waals surface area contributed by atoms with Crippen LogP contribution in [-0.4, -0.2) is 40.2 Å². The zero-order valence-corrected chi connectivity index (χ0v) is 15.5. The van der Waals surface area contributed by atoms with E-state index in [0.717, 1.165) is 5.56 Å². The van der Waals surface area contributed by atoms with Crippen molar-refractivity contribution in [1.82, 2.24) is 5.32 Å². The van der Waals surface area contributed by atoms with Crippen molar-refractivity contribution in [2.75, 3.05) is 28.4 Å². The molecule has 0 spiro atoms. The van der Waals surface area contributed by atoms with Gasteiger partial charge in [0.05, 0.1) is 28.4 Å². The van der Waals surface area contributed by atoms with Crippen LogP contribution in [0, 0.1) is 0 Å². The highest BCUT2D eigenvalue weighted by Gasteiger charge is 2.22. The molecule has 0 bridgehead atoms. The third-order valence-electron chi connectivity index (χ3n) is 4.09. The Labute approximate surface area is 157 Å². The number of carbonyl (C=O) groups is 1. The van der Waals surface area contributed by atoms with Crippen LogP contribution in [0.4, 0.5) is 0 Å². The molecule has 1 amide bonds. The Morgan fingerprint density at radius 1 is 0.852 bits per heavy atom. The molecule has 0 aliphatic carbocycles. The molecule has 3 rings (SSSR count). The van der Waals surface area contributed by atoms with E-state index in [-0.39, 0.29) is 11.6 Å². The number of amidine groups is 1. The smallest absolute Gasteiger partial charge is 0.275 e. The standard InChI is InChI=1S/C20H20N2O5/c1-24-14-7-5-12(17(11-14)26-3)9-15-20(23)22-19(21-15)13-6-8-16(25-2)18(10-13)27-4/h5-11H,1-4H3,(H,21,22,23)/b15-9+. The molecule has 0 fully saturated rings. The minimum atomic E-state index is -0.294. The van der Waals surface area contributed by atoms with Gasteiger partial charge in [0.25, 0.3) is 5.91 Å². The summed E-state index contributed by atoms with van der Waals surface area (Å²) in [6.07, 6.45) is 1.67. The Morgan fingerprint density at radius 2 is 1.59 bits per heavy atom. The number of nitrogens with zero attached hydrogens (tertiary/aromatic N) is 1. The number of carbonyl (C=O) groups excluding carboxylic acids is 1. The maximum atomic E-state index is 12.3. The highest BCUT2D eigenvalue weighted by Crippen LogP contribution is 2.30. The first kappa shape index (κ1) is 18.3. The van der Waals surface area contributed by atoms with Crippen LogP contribution < -0.4 is 24.3 Å². The minimum absolute atomic E-state index is 0.281. The summed E-state index contributed by atoms with van der Waals surface area (Å²) in [6.45, 7) is 0. The predicted molar refractivity (Wildman–Crippen MR) is 102 cm³/mol. The van der Waals surface area contributed by atoms with Crippen LogP contribution in [-0.2, 0) is 4.79 Å². The van der Waals surface area contributed by atoms with Gasteiger partial charge in [-0.1, -0.05) is 0 Å². The first-order valence-corrected chi connectivity index (χ1v) is 8.15. The zero-order valence-electron chi connectivity index (χ0n) is 15.5. The molecule has 0 aromatic heterocycles. The molecule has 7 nitrogen and oxygen atoms in total. The van der Waals surface area contributed by atoms with Crippen molar-refractivity contribution in [2.45, 2.75) is 0 Å². The van der Waals surface area contributed by atoms with Gasteiger partial charge in [-0.05, 0) is 36.4 Å². The normalized spacial score (nSPS) is 14.6. The number of hydrogen-bond acceptors (Lipinski definition) is 6. The van der Waals surface area contributed by atoms with Gasteiger partial charge in [0, 0.05) is 17.2 Å². The highest BCUT2D eigenvalue weighted by atomic mass is 16.5. The summed E-state index contributed by atoms with van der Waals surface area (Å²) in [6, 6.07) is 10.7. The van der Waals surface area contributed by atoms with Gasteiger partial charge in [0.1, 0.15) is 23.0 Å². The van der Waals surface area contributed by atoms with Crippen molar-refractivity contribution in [3.8, 4) is 23.0 Å². The average molecular weight is 368 g/mol. The number of hydrogen-bond donors (Lipinski definition) is 1. The summed E-state index contributed by atoms with van der Waals surface area (Å²) in [5, 5.41) is 2.77. The fourth-order valence-electron chi connectivity index (χ4n) is 2.67. The Hall–Kier alpha value is -3.48. The number of rotatable bonds is 6. The van der Waals surface area contributed by atoms with Crippen LogP contribution in [0.2, 0.25) is 0 Å². The second-order valence-electron chi connectivity index (χ2n) is 5.62. The summed E-state index contributed by atoms with van der Waals surface area (Å²) in [5.74, 6) is 2.56. The van der Waals surface area contributed by atoms with Crippen LogP contribution in [0.25, 0.3) is 6.08 Å². The van der Waals surface area contributed by atoms with Crippen LogP contribution >= 0.6 is 0 Å². The van der Waals surface area contributed by atoms with E-state index in [9.17, 15) is 4.79 Å². The molecular formula is C20H20N2O5. The molecule has 2 aromatic carbocycles.